The van der Waals surface area contributed by atoms with Gasteiger partial charge in [0.05, 0.1) is 12.8 Å². The number of fused-ring (bicyclic) bond motifs is 1. The number of methoxy groups -OCH3 is 1. The van der Waals surface area contributed by atoms with E-state index in [9.17, 15) is 0 Å². The summed E-state index contributed by atoms with van der Waals surface area (Å²) >= 11 is 0. The van der Waals surface area contributed by atoms with E-state index in [1.165, 1.54) is 10.8 Å². The van der Waals surface area contributed by atoms with Gasteiger partial charge in [0.25, 0.3) is 0 Å². The predicted molar refractivity (Wildman–Crippen MR) is 115 cm³/mol. The summed E-state index contributed by atoms with van der Waals surface area (Å²) in [7, 11) is 1.69. The smallest absolute Gasteiger partial charge is 0.137 e. The van der Waals surface area contributed by atoms with Gasteiger partial charge in [0, 0.05) is 37.1 Å². The molecule has 4 nitrogen and oxygen atoms in total. The molecule has 1 aromatic heterocycles. The van der Waals surface area contributed by atoms with Gasteiger partial charge in [0.15, 0.2) is 0 Å². The lowest BCUT2D eigenvalue weighted by atomic mass is 10.1. The zero-order valence-electron chi connectivity index (χ0n) is 15.9. The van der Waals surface area contributed by atoms with Crippen LogP contribution in [-0.4, -0.2) is 49.7 Å². The Hall–Kier alpha value is -2.30. The minimum Gasteiger partial charge on any atom is -0.497 e. The van der Waals surface area contributed by atoms with E-state index in [2.05, 4.69) is 59.2 Å². The zero-order valence-corrected chi connectivity index (χ0v) is 16.7. The maximum Gasteiger partial charge on any atom is 0.137 e. The van der Waals surface area contributed by atoms with Gasteiger partial charge in [-0.15, -0.1) is 12.4 Å². The molecular formula is C22H26ClN3O. The monoisotopic (exact) mass is 383 g/mol. The van der Waals surface area contributed by atoms with Gasteiger partial charge in [-0.1, -0.05) is 31.2 Å². The Morgan fingerprint density at radius 1 is 0.963 bits per heavy atom. The molecule has 5 heteroatoms. The van der Waals surface area contributed by atoms with E-state index in [1.54, 1.807) is 7.11 Å². The highest BCUT2D eigenvalue weighted by Gasteiger charge is 2.19. The zero-order chi connectivity index (χ0) is 17.9. The van der Waals surface area contributed by atoms with Crippen molar-refractivity contribution >= 4 is 29.0 Å². The molecule has 0 N–H and O–H groups in total. The van der Waals surface area contributed by atoms with Crippen molar-refractivity contribution in [3.63, 3.8) is 0 Å². The largest absolute Gasteiger partial charge is 0.497 e. The molecule has 0 aliphatic carbocycles. The normalized spacial score (nSPS) is 14.8. The second-order valence-corrected chi connectivity index (χ2v) is 6.70. The Morgan fingerprint density at radius 3 is 2.33 bits per heavy atom. The van der Waals surface area contributed by atoms with Crippen molar-refractivity contribution in [2.45, 2.75) is 6.92 Å². The third-order valence-electron chi connectivity index (χ3n) is 5.23. The molecule has 2 aromatic carbocycles. The molecule has 0 saturated carbocycles. The summed E-state index contributed by atoms with van der Waals surface area (Å²) < 4.78 is 5.28. The second-order valence-electron chi connectivity index (χ2n) is 6.70. The van der Waals surface area contributed by atoms with Crippen molar-refractivity contribution < 1.29 is 4.74 Å². The number of rotatable bonds is 4. The van der Waals surface area contributed by atoms with Crippen molar-refractivity contribution in [3.05, 3.63) is 54.6 Å². The molecule has 0 atom stereocenters. The Labute approximate surface area is 167 Å². The Balaban J connectivity index is 0.00000210. The molecule has 3 aromatic rings. The third-order valence-corrected chi connectivity index (χ3v) is 5.23. The maximum absolute atomic E-state index is 5.28. The number of hydrogen-bond donors (Lipinski definition) is 0. The fraction of sp³-hybridized carbons (Fsp3) is 0.318. The SMILES string of the molecule is CCN1CCN(c2nc(-c3ccc(OC)cc3)cc3ccccc23)CC1.Cl. The van der Waals surface area contributed by atoms with Crippen LogP contribution in [0.15, 0.2) is 54.6 Å². The molecule has 2 heterocycles. The standard InChI is InChI=1S/C22H25N3O.ClH/c1-3-24-12-14-25(15-13-24)22-20-7-5-4-6-18(20)16-21(23-22)17-8-10-19(26-2)11-9-17;/h4-11,16H,3,12-15H2,1-2H3;1H. The van der Waals surface area contributed by atoms with Crippen molar-refractivity contribution in [2.24, 2.45) is 0 Å². The highest BCUT2D eigenvalue weighted by Crippen LogP contribution is 2.31. The van der Waals surface area contributed by atoms with E-state index < -0.39 is 0 Å². The minimum atomic E-state index is 0. The molecule has 4 rings (SSSR count). The number of nitrogens with zero attached hydrogens (tertiary/aromatic N) is 3. The molecule has 1 saturated heterocycles. The first-order chi connectivity index (χ1) is 12.8. The summed E-state index contributed by atoms with van der Waals surface area (Å²) in [5.74, 6) is 1.97. The molecule has 1 fully saturated rings. The maximum atomic E-state index is 5.28. The second kappa shape index (κ2) is 8.59. The first-order valence-corrected chi connectivity index (χ1v) is 9.30. The first-order valence-electron chi connectivity index (χ1n) is 9.30. The number of aromatic nitrogens is 1. The lowest BCUT2D eigenvalue weighted by molar-refractivity contribution is 0.271. The van der Waals surface area contributed by atoms with Crippen molar-refractivity contribution in [1.29, 1.82) is 0 Å². The Kier molecular flexibility index (Phi) is 6.19. The van der Waals surface area contributed by atoms with E-state index >= 15 is 0 Å². The summed E-state index contributed by atoms with van der Waals surface area (Å²) in [6, 6.07) is 18.9. The van der Waals surface area contributed by atoms with Crippen molar-refractivity contribution in [1.82, 2.24) is 9.88 Å². The summed E-state index contributed by atoms with van der Waals surface area (Å²) in [6.07, 6.45) is 0. The van der Waals surface area contributed by atoms with Crippen LogP contribution in [0.3, 0.4) is 0 Å². The third kappa shape index (κ3) is 4.02. The van der Waals surface area contributed by atoms with Gasteiger partial charge in [-0.2, -0.15) is 0 Å². The summed E-state index contributed by atoms with van der Waals surface area (Å²) in [6.45, 7) is 7.59. The Bertz CT molecular complexity index is 890. The van der Waals surface area contributed by atoms with Crippen LogP contribution in [0.4, 0.5) is 5.82 Å². The molecule has 0 amide bonds. The van der Waals surface area contributed by atoms with Crippen LogP contribution in [-0.2, 0) is 0 Å². The van der Waals surface area contributed by atoms with E-state index in [0.29, 0.717) is 0 Å². The van der Waals surface area contributed by atoms with Gasteiger partial charge in [0.1, 0.15) is 11.6 Å². The molecule has 0 spiro atoms. The first kappa shape index (κ1) is 19.5. The average molecular weight is 384 g/mol. The molecule has 0 radical (unpaired) electrons. The quantitative estimate of drug-likeness (QED) is 0.664. The van der Waals surface area contributed by atoms with Crippen molar-refractivity contribution in [3.8, 4) is 17.0 Å². The van der Waals surface area contributed by atoms with Gasteiger partial charge in [-0.05, 0) is 42.3 Å². The van der Waals surface area contributed by atoms with Crippen LogP contribution in [0, 0.1) is 0 Å². The van der Waals surface area contributed by atoms with E-state index in [1.807, 2.05) is 12.1 Å². The fourth-order valence-corrected chi connectivity index (χ4v) is 3.61. The number of piperazine rings is 1. The molecule has 0 bridgehead atoms. The number of pyridine rings is 1. The number of ether oxygens (including phenoxy) is 1. The lowest BCUT2D eigenvalue weighted by Crippen LogP contribution is -2.46. The number of halogens is 1. The summed E-state index contributed by atoms with van der Waals surface area (Å²) in [5.41, 5.74) is 2.13. The molecule has 0 unspecified atom stereocenters. The van der Waals surface area contributed by atoms with Crippen LogP contribution in [0.25, 0.3) is 22.0 Å². The molecule has 142 valence electrons. The lowest BCUT2D eigenvalue weighted by Gasteiger charge is -2.35. The molecule has 1 aliphatic rings. The van der Waals surface area contributed by atoms with Gasteiger partial charge in [-0.25, -0.2) is 4.98 Å². The van der Waals surface area contributed by atoms with E-state index in [-0.39, 0.29) is 12.4 Å². The van der Waals surface area contributed by atoms with Crippen LogP contribution in [0.5, 0.6) is 5.75 Å². The van der Waals surface area contributed by atoms with Gasteiger partial charge in [-0.3, -0.25) is 0 Å². The van der Waals surface area contributed by atoms with Gasteiger partial charge < -0.3 is 14.5 Å². The van der Waals surface area contributed by atoms with Gasteiger partial charge in [0.2, 0.25) is 0 Å². The predicted octanol–water partition coefficient (Wildman–Crippen LogP) is 4.47. The minimum absolute atomic E-state index is 0. The molecule has 1 aliphatic heterocycles. The molecular weight excluding hydrogens is 358 g/mol. The highest BCUT2D eigenvalue weighted by atomic mass is 35.5. The number of likely N-dealkylation sites (N-methyl/N-ethyl adjacent to an activating group) is 1. The van der Waals surface area contributed by atoms with Crippen molar-refractivity contribution in [2.75, 3.05) is 44.7 Å². The van der Waals surface area contributed by atoms with Crippen LogP contribution in [0.2, 0.25) is 0 Å². The van der Waals surface area contributed by atoms with Crippen LogP contribution < -0.4 is 9.64 Å². The van der Waals surface area contributed by atoms with Crippen LogP contribution in [0.1, 0.15) is 6.92 Å². The number of benzene rings is 2. The average Bonchev–Trinajstić information content (AvgIpc) is 2.73. The summed E-state index contributed by atoms with van der Waals surface area (Å²) in [4.78, 5) is 9.99. The van der Waals surface area contributed by atoms with Gasteiger partial charge >= 0.3 is 0 Å². The Morgan fingerprint density at radius 2 is 1.67 bits per heavy atom. The van der Waals surface area contributed by atoms with E-state index in [0.717, 1.165) is 55.5 Å². The molecule has 27 heavy (non-hydrogen) atoms. The highest BCUT2D eigenvalue weighted by molar-refractivity contribution is 5.95. The number of hydrogen-bond acceptors (Lipinski definition) is 4. The van der Waals surface area contributed by atoms with Crippen LogP contribution >= 0.6 is 12.4 Å². The summed E-state index contributed by atoms with van der Waals surface area (Å²) in [5, 5.41) is 2.47. The topological polar surface area (TPSA) is 28.6 Å². The van der Waals surface area contributed by atoms with E-state index in [4.69, 9.17) is 9.72 Å². The fourth-order valence-electron chi connectivity index (χ4n) is 3.61. The number of anilines is 1.